The van der Waals surface area contributed by atoms with Crippen molar-refractivity contribution >= 4 is 16.1 Å². The lowest BCUT2D eigenvalue weighted by molar-refractivity contribution is -0.138. The van der Waals surface area contributed by atoms with Crippen LogP contribution >= 0.6 is 0 Å². The van der Waals surface area contributed by atoms with Crippen molar-refractivity contribution < 1.29 is 35.3 Å². The molecule has 0 aromatic heterocycles. The molecule has 1 aliphatic heterocycles. The van der Waals surface area contributed by atoms with Crippen molar-refractivity contribution in [2.24, 2.45) is 0 Å². The van der Waals surface area contributed by atoms with Gasteiger partial charge < -0.3 is 14.2 Å². The fourth-order valence-electron chi connectivity index (χ4n) is 1.17. The normalized spacial score (nSPS) is 16.9. The van der Waals surface area contributed by atoms with Gasteiger partial charge in [0.25, 0.3) is 0 Å². The molecule has 0 atom stereocenters. The number of carbonyl (C=O) groups excluding carboxylic acids is 1. The third kappa shape index (κ3) is 3.13. The third-order valence-corrected chi connectivity index (χ3v) is 2.93. The quantitative estimate of drug-likeness (QED) is 0.454. The second-order valence-corrected chi connectivity index (χ2v) is 4.75. The molecule has 0 aliphatic carbocycles. The number of ether oxygens (including phenoxy) is 1. The van der Waals surface area contributed by atoms with Gasteiger partial charge in [-0.25, -0.2) is 4.79 Å². The van der Waals surface area contributed by atoms with Crippen molar-refractivity contribution in [1.29, 1.82) is 0 Å². The van der Waals surface area contributed by atoms with E-state index in [0.29, 0.717) is 0 Å². The van der Waals surface area contributed by atoms with Gasteiger partial charge >= 0.3 is 21.6 Å². The van der Waals surface area contributed by atoms with Crippen LogP contribution in [0.1, 0.15) is 6.92 Å². The molecule has 0 saturated heterocycles. The summed E-state index contributed by atoms with van der Waals surface area (Å²) in [5.74, 6) is -1.50. The molecule has 1 N–H and O–H groups in total. The Balaban J connectivity index is 2.95. The highest BCUT2D eigenvalue weighted by atomic mass is 32.2. The molecule has 0 radical (unpaired) electrons. The van der Waals surface area contributed by atoms with Crippen LogP contribution in [0.3, 0.4) is 0 Å². The Labute approximate surface area is 101 Å². The van der Waals surface area contributed by atoms with Crippen LogP contribution in [0.4, 0.5) is 13.2 Å². The van der Waals surface area contributed by atoms with Crippen LogP contribution in [0, 0.1) is 0 Å². The van der Waals surface area contributed by atoms with Crippen LogP contribution in [0.5, 0.6) is 0 Å². The lowest BCUT2D eigenvalue weighted by atomic mass is 10.3. The maximum atomic E-state index is 12.1. The van der Waals surface area contributed by atoms with E-state index in [1.807, 2.05) is 0 Å². The summed E-state index contributed by atoms with van der Waals surface area (Å²) in [6.45, 7) is 1.13. The van der Waals surface area contributed by atoms with Crippen LogP contribution in [0.15, 0.2) is 11.3 Å². The van der Waals surface area contributed by atoms with E-state index < -0.39 is 27.4 Å². The average Bonchev–Trinajstić information content (AvgIpc) is 2.63. The molecule has 1 rings (SSSR count). The minimum Gasteiger partial charge on any atom is -0.462 e. The molecule has 0 spiro atoms. The van der Waals surface area contributed by atoms with Gasteiger partial charge in [0.1, 0.15) is 5.76 Å². The van der Waals surface area contributed by atoms with E-state index in [2.05, 4.69) is 14.2 Å². The van der Waals surface area contributed by atoms with Crippen LogP contribution in [0.25, 0.3) is 0 Å². The van der Waals surface area contributed by atoms with E-state index in [0.717, 1.165) is 0 Å². The van der Waals surface area contributed by atoms with Crippen molar-refractivity contribution in [2.45, 2.75) is 12.4 Å². The highest BCUT2D eigenvalue weighted by Gasteiger charge is 2.49. The highest BCUT2D eigenvalue weighted by molar-refractivity contribution is 7.87. The molecule has 0 aromatic rings. The van der Waals surface area contributed by atoms with Gasteiger partial charge in [0.05, 0.1) is 18.7 Å². The summed E-state index contributed by atoms with van der Waals surface area (Å²) in [7, 11) is -5.77. The van der Waals surface area contributed by atoms with Gasteiger partial charge in [-0.15, -0.1) is 0 Å². The molecule has 6 nitrogen and oxygen atoms in total. The number of halogens is 3. The molecular formula is C8H10F3NO5S. The first kappa shape index (κ1) is 14.8. The summed E-state index contributed by atoms with van der Waals surface area (Å²) < 4.78 is 66.3. The minimum absolute atomic E-state index is 0.0155. The predicted molar refractivity (Wildman–Crippen MR) is 52.6 cm³/mol. The second-order valence-electron chi connectivity index (χ2n) is 3.21. The third-order valence-electron chi connectivity index (χ3n) is 1.94. The van der Waals surface area contributed by atoms with Gasteiger partial charge in [0, 0.05) is 6.54 Å². The summed E-state index contributed by atoms with van der Waals surface area (Å²) in [5, 5.41) is 2.50. The Morgan fingerprint density at radius 1 is 1.39 bits per heavy atom. The van der Waals surface area contributed by atoms with Crippen LogP contribution < -0.4 is 5.32 Å². The average molecular weight is 289 g/mol. The maximum absolute atomic E-state index is 12.1. The predicted octanol–water partition coefficient (Wildman–Crippen LogP) is 0.273. The lowest BCUT2D eigenvalue weighted by Gasteiger charge is -2.11. The van der Waals surface area contributed by atoms with E-state index in [9.17, 15) is 26.4 Å². The van der Waals surface area contributed by atoms with E-state index in [1.165, 1.54) is 6.92 Å². The minimum atomic E-state index is -5.77. The number of rotatable bonds is 4. The van der Waals surface area contributed by atoms with Crippen LogP contribution in [-0.2, 0) is 23.8 Å². The van der Waals surface area contributed by atoms with E-state index in [-0.39, 0.29) is 25.3 Å². The van der Waals surface area contributed by atoms with Crippen molar-refractivity contribution in [3.8, 4) is 0 Å². The Bertz CT molecular complexity index is 468. The van der Waals surface area contributed by atoms with Crippen LogP contribution in [0.2, 0.25) is 0 Å². The molecule has 0 fully saturated rings. The second kappa shape index (κ2) is 5.14. The fourth-order valence-corrected chi connectivity index (χ4v) is 1.69. The number of hydrogen-bond acceptors (Lipinski definition) is 6. The molecule has 1 aliphatic rings. The van der Waals surface area contributed by atoms with Crippen molar-refractivity contribution in [3.05, 3.63) is 11.3 Å². The van der Waals surface area contributed by atoms with Gasteiger partial charge in [-0.1, -0.05) is 0 Å². The molecule has 104 valence electrons. The monoisotopic (exact) mass is 289 g/mol. The first-order chi connectivity index (χ1) is 8.19. The maximum Gasteiger partial charge on any atom is 0.534 e. The molecule has 0 aromatic carbocycles. The summed E-state index contributed by atoms with van der Waals surface area (Å²) in [6, 6.07) is 0. The zero-order chi connectivity index (χ0) is 14.0. The van der Waals surface area contributed by atoms with Gasteiger partial charge in [-0.2, -0.15) is 21.6 Å². The first-order valence-corrected chi connectivity index (χ1v) is 6.20. The zero-order valence-corrected chi connectivity index (χ0v) is 10.0. The van der Waals surface area contributed by atoms with E-state index >= 15 is 0 Å². The summed E-state index contributed by atoms with van der Waals surface area (Å²) in [4.78, 5) is 11.3. The number of alkyl halides is 3. The molecule has 18 heavy (non-hydrogen) atoms. The summed E-state index contributed by atoms with van der Waals surface area (Å²) in [6.07, 6.45) is 0. The molecule has 0 bridgehead atoms. The number of nitrogens with one attached hydrogen (secondary N) is 1. The summed E-state index contributed by atoms with van der Waals surface area (Å²) in [5.41, 5.74) is -5.80. The van der Waals surface area contributed by atoms with Crippen molar-refractivity contribution in [2.75, 3.05) is 19.7 Å². The fraction of sp³-hybridized carbons (Fsp3) is 0.625. The Hall–Kier alpha value is -1.29. The lowest BCUT2D eigenvalue weighted by Crippen LogP contribution is -2.26. The van der Waals surface area contributed by atoms with E-state index in [1.54, 1.807) is 0 Å². The molecule has 0 amide bonds. The Morgan fingerprint density at radius 2 is 2.00 bits per heavy atom. The molecule has 0 saturated carbocycles. The Kier molecular flexibility index (Phi) is 4.22. The largest absolute Gasteiger partial charge is 0.534 e. The van der Waals surface area contributed by atoms with Gasteiger partial charge in [0.15, 0.2) is 0 Å². The SMILES string of the molecule is CCOC(=O)C1=C(OS(=O)(=O)C(F)(F)F)CNC1. The van der Waals surface area contributed by atoms with Gasteiger partial charge in [-0.3, -0.25) is 0 Å². The molecule has 0 unspecified atom stereocenters. The Morgan fingerprint density at radius 3 is 2.50 bits per heavy atom. The first-order valence-electron chi connectivity index (χ1n) is 4.79. The van der Waals surface area contributed by atoms with Gasteiger partial charge in [0.2, 0.25) is 0 Å². The standard InChI is InChI=1S/C8H10F3NO5S/c1-2-16-7(13)5-3-12-4-6(5)17-18(14,15)8(9,10)11/h12H,2-4H2,1H3. The molecular weight excluding hydrogens is 279 g/mol. The van der Waals surface area contributed by atoms with Gasteiger partial charge in [-0.05, 0) is 6.92 Å². The highest BCUT2D eigenvalue weighted by Crippen LogP contribution is 2.28. The summed E-state index contributed by atoms with van der Waals surface area (Å²) >= 11 is 0. The molecule has 10 heteroatoms. The van der Waals surface area contributed by atoms with Crippen LogP contribution in [-0.4, -0.2) is 39.6 Å². The zero-order valence-electron chi connectivity index (χ0n) is 9.20. The van der Waals surface area contributed by atoms with Crippen molar-refractivity contribution in [1.82, 2.24) is 5.32 Å². The topological polar surface area (TPSA) is 81.7 Å². The van der Waals surface area contributed by atoms with E-state index in [4.69, 9.17) is 0 Å². The number of carbonyl (C=O) groups is 1. The van der Waals surface area contributed by atoms with Crippen molar-refractivity contribution in [3.63, 3.8) is 0 Å². The smallest absolute Gasteiger partial charge is 0.462 e. The number of hydrogen-bond donors (Lipinski definition) is 1. The molecule has 1 heterocycles. The number of esters is 1.